The second-order valence-electron chi connectivity index (χ2n) is 12.8. The van der Waals surface area contributed by atoms with Crippen LogP contribution in [0.3, 0.4) is 0 Å². The second-order valence-corrected chi connectivity index (χ2v) is 14.4. The molecule has 0 unspecified atom stereocenters. The Labute approximate surface area is 303 Å². The second kappa shape index (κ2) is 16.0. The number of hydrogen-bond acceptors (Lipinski definition) is 10. The van der Waals surface area contributed by atoms with Crippen LogP contribution in [-0.2, 0) is 31.4 Å². The van der Waals surface area contributed by atoms with E-state index >= 15 is 0 Å². The number of benzene rings is 3. The Bertz CT molecular complexity index is 2040. The van der Waals surface area contributed by atoms with Crippen molar-refractivity contribution in [3.8, 4) is 28.5 Å². The molecular formula is C37H38F3N4O8P. The van der Waals surface area contributed by atoms with Crippen molar-refractivity contribution in [2.75, 3.05) is 7.11 Å². The summed E-state index contributed by atoms with van der Waals surface area (Å²) in [6.45, 7) is 1.83. The maximum Gasteiger partial charge on any atom is 0.476 e. The molecule has 1 N–H and O–H groups in total. The summed E-state index contributed by atoms with van der Waals surface area (Å²) in [6, 6.07) is 22.0. The predicted octanol–water partition coefficient (Wildman–Crippen LogP) is 7.95. The molecule has 0 spiro atoms. The molecule has 3 aromatic carbocycles. The van der Waals surface area contributed by atoms with Gasteiger partial charge < -0.3 is 19.5 Å². The van der Waals surface area contributed by atoms with E-state index in [-0.39, 0.29) is 30.9 Å². The number of ether oxygens (including phenoxy) is 3. The fourth-order valence-corrected chi connectivity index (χ4v) is 6.76. The van der Waals surface area contributed by atoms with Gasteiger partial charge in [-0.3, -0.25) is 18.4 Å². The Morgan fingerprint density at radius 2 is 1.57 bits per heavy atom. The number of carbonyl (C=O) groups excluding carboxylic acids is 1. The molecular weight excluding hydrogens is 716 g/mol. The van der Waals surface area contributed by atoms with E-state index in [4.69, 9.17) is 27.8 Å². The average Bonchev–Trinajstić information content (AvgIpc) is 3.66. The zero-order valence-corrected chi connectivity index (χ0v) is 30.2. The third-order valence-electron chi connectivity index (χ3n) is 8.49. The van der Waals surface area contributed by atoms with E-state index in [1.807, 2.05) is 60.7 Å². The van der Waals surface area contributed by atoms with Crippen LogP contribution in [0, 0.1) is 0 Å². The third-order valence-corrected chi connectivity index (χ3v) is 10.1. The molecule has 16 heteroatoms. The molecule has 12 nitrogen and oxygen atoms in total. The number of phosphoric acid groups is 1. The number of carbonyl (C=O) groups is 1. The van der Waals surface area contributed by atoms with Crippen LogP contribution < -0.4 is 19.5 Å². The quantitative estimate of drug-likeness (QED) is 0.0934. The van der Waals surface area contributed by atoms with Crippen LogP contribution in [0.2, 0.25) is 0 Å². The largest absolute Gasteiger partial charge is 0.496 e. The molecule has 280 valence electrons. The fourth-order valence-electron chi connectivity index (χ4n) is 5.24. The van der Waals surface area contributed by atoms with Gasteiger partial charge in [-0.05, 0) is 44.0 Å². The maximum atomic E-state index is 14.0. The van der Waals surface area contributed by atoms with Crippen molar-refractivity contribution in [3.05, 3.63) is 108 Å². The monoisotopic (exact) mass is 754 g/mol. The van der Waals surface area contributed by atoms with E-state index in [0.29, 0.717) is 22.7 Å². The highest BCUT2D eigenvalue weighted by Crippen LogP contribution is 2.54. The number of hydrogen-bond donors (Lipinski definition) is 1. The lowest BCUT2D eigenvalue weighted by molar-refractivity contribution is -0.0502. The predicted molar refractivity (Wildman–Crippen MR) is 188 cm³/mol. The SMILES string of the molecule is COc1cc(-c2cnc3cc(O[C@@H](C)C(C)(C)OP(=O)(OCc4ccccc4)OCc4ccccc4)cnn23)cc(OC(F)F)c1C(=O)N[C@@H]1C[C@@H]1F. The Hall–Kier alpha value is -4.95. The number of halogens is 3. The summed E-state index contributed by atoms with van der Waals surface area (Å²) in [7, 11) is -2.89. The van der Waals surface area contributed by atoms with Crippen molar-refractivity contribution in [1.29, 1.82) is 0 Å². The first-order chi connectivity index (χ1) is 25.3. The molecule has 6 rings (SSSR count). The highest BCUT2D eigenvalue weighted by atomic mass is 31.2. The minimum absolute atomic E-state index is 0.0153. The summed E-state index contributed by atoms with van der Waals surface area (Å²) in [6.07, 6.45) is 1.07. The third kappa shape index (κ3) is 9.35. The van der Waals surface area contributed by atoms with Crippen LogP contribution in [0.15, 0.2) is 91.3 Å². The van der Waals surface area contributed by atoms with Crippen molar-refractivity contribution in [2.24, 2.45) is 0 Å². The van der Waals surface area contributed by atoms with Crippen molar-refractivity contribution in [3.63, 3.8) is 0 Å². The van der Waals surface area contributed by atoms with Gasteiger partial charge in [-0.25, -0.2) is 18.5 Å². The van der Waals surface area contributed by atoms with Gasteiger partial charge in [-0.15, -0.1) is 0 Å². The van der Waals surface area contributed by atoms with Gasteiger partial charge in [0.15, 0.2) is 5.65 Å². The summed E-state index contributed by atoms with van der Waals surface area (Å²) < 4.78 is 89.9. The molecule has 0 radical (unpaired) electrons. The molecule has 1 fully saturated rings. The first-order valence-corrected chi connectivity index (χ1v) is 18.1. The van der Waals surface area contributed by atoms with Crippen LogP contribution in [0.25, 0.3) is 16.9 Å². The molecule has 1 aliphatic rings. The number of amides is 1. The molecule has 1 saturated carbocycles. The number of fused-ring (bicyclic) bond motifs is 1. The van der Waals surface area contributed by atoms with Gasteiger partial charge in [-0.1, -0.05) is 60.7 Å². The minimum Gasteiger partial charge on any atom is -0.496 e. The van der Waals surface area contributed by atoms with Gasteiger partial charge in [0.2, 0.25) is 0 Å². The molecule has 2 aromatic heterocycles. The molecule has 53 heavy (non-hydrogen) atoms. The van der Waals surface area contributed by atoms with Gasteiger partial charge >= 0.3 is 14.4 Å². The Kier molecular flexibility index (Phi) is 11.4. The van der Waals surface area contributed by atoms with Gasteiger partial charge in [-0.2, -0.15) is 13.9 Å². The standard InChI is InChI=1S/C37H38F3N4O8P/c1-23(37(2,3)52-53(46,48-21-24-11-7-5-8-12-24)49-22-25-13-9-6-10-14-25)50-27-17-33-41-20-30(44(33)42-19-27)26-15-31(47-4)34(32(16-26)51-36(39)40)35(45)43-29-18-28(29)38/h5-17,19-20,23,28-29,36H,18,21-22H2,1-4H3,(H,43,45)/t23-,28-,29+/m0/s1. The summed E-state index contributed by atoms with van der Waals surface area (Å²) >= 11 is 0. The van der Waals surface area contributed by atoms with Gasteiger partial charge in [0.25, 0.3) is 5.91 Å². The Morgan fingerprint density at radius 1 is 0.962 bits per heavy atom. The lowest BCUT2D eigenvalue weighted by Gasteiger charge is -2.34. The van der Waals surface area contributed by atoms with Crippen molar-refractivity contribution in [1.82, 2.24) is 19.9 Å². The fraction of sp³-hybridized carbons (Fsp3) is 0.324. The van der Waals surface area contributed by atoms with E-state index in [1.165, 1.54) is 36.2 Å². The lowest BCUT2D eigenvalue weighted by atomic mass is 10.0. The highest BCUT2D eigenvalue weighted by molar-refractivity contribution is 7.48. The zero-order valence-electron chi connectivity index (χ0n) is 29.3. The smallest absolute Gasteiger partial charge is 0.476 e. The summed E-state index contributed by atoms with van der Waals surface area (Å²) in [5, 5.41) is 6.91. The van der Waals surface area contributed by atoms with Crippen LogP contribution in [0.4, 0.5) is 13.2 Å². The summed E-state index contributed by atoms with van der Waals surface area (Å²) in [5.41, 5.74) is 1.02. The number of imidazole rings is 1. The first-order valence-electron chi connectivity index (χ1n) is 16.6. The molecule has 1 aliphatic carbocycles. The molecule has 0 bridgehead atoms. The number of rotatable bonds is 17. The van der Waals surface area contributed by atoms with Gasteiger partial charge in [0, 0.05) is 18.1 Å². The van der Waals surface area contributed by atoms with E-state index in [1.54, 1.807) is 26.8 Å². The molecule has 2 heterocycles. The number of nitrogens with one attached hydrogen (secondary N) is 1. The first kappa shape index (κ1) is 37.8. The molecule has 5 aromatic rings. The highest BCUT2D eigenvalue weighted by Gasteiger charge is 2.41. The Balaban J connectivity index is 1.20. The maximum absolute atomic E-state index is 14.0. The normalized spacial score (nSPS) is 16.4. The van der Waals surface area contributed by atoms with Crippen LogP contribution in [-0.4, -0.2) is 58.1 Å². The molecule has 0 aliphatic heterocycles. The number of alkyl halides is 3. The van der Waals surface area contributed by atoms with Crippen molar-refractivity contribution in [2.45, 2.75) is 70.9 Å². The molecule has 3 atom stereocenters. The zero-order chi connectivity index (χ0) is 37.8. The summed E-state index contributed by atoms with van der Waals surface area (Å²) in [5.74, 6) is -1.06. The van der Waals surface area contributed by atoms with Gasteiger partial charge in [0.05, 0.1) is 44.5 Å². The Morgan fingerprint density at radius 3 is 2.13 bits per heavy atom. The minimum atomic E-state index is -4.16. The van der Waals surface area contributed by atoms with Crippen LogP contribution in [0.5, 0.6) is 17.2 Å². The number of phosphoric ester groups is 1. The topological polar surface area (TPSA) is 132 Å². The lowest BCUT2D eigenvalue weighted by Crippen LogP contribution is -2.40. The van der Waals surface area contributed by atoms with Gasteiger partial charge in [0.1, 0.15) is 40.7 Å². The number of nitrogens with zero attached hydrogens (tertiary/aromatic N) is 3. The number of methoxy groups -OCH3 is 1. The van der Waals surface area contributed by atoms with Crippen molar-refractivity contribution < 1.29 is 50.3 Å². The van der Waals surface area contributed by atoms with E-state index in [0.717, 1.165) is 11.1 Å². The van der Waals surface area contributed by atoms with E-state index < -0.39 is 50.0 Å². The van der Waals surface area contributed by atoms with E-state index in [2.05, 4.69) is 15.4 Å². The molecule has 1 amide bonds. The summed E-state index contributed by atoms with van der Waals surface area (Å²) in [4.78, 5) is 17.3. The van der Waals surface area contributed by atoms with E-state index in [9.17, 15) is 22.5 Å². The average molecular weight is 755 g/mol. The molecule has 0 saturated heterocycles. The van der Waals surface area contributed by atoms with Crippen LogP contribution in [0.1, 0.15) is 48.7 Å². The van der Waals surface area contributed by atoms with Crippen molar-refractivity contribution >= 4 is 19.4 Å². The number of aromatic nitrogens is 3. The van der Waals surface area contributed by atoms with Crippen LogP contribution >= 0.6 is 7.82 Å².